The molecule has 2 rings (SSSR count). The summed E-state index contributed by atoms with van der Waals surface area (Å²) in [6, 6.07) is 5.08. The van der Waals surface area contributed by atoms with Crippen molar-refractivity contribution >= 4 is 0 Å². The summed E-state index contributed by atoms with van der Waals surface area (Å²) in [6.45, 7) is 7.38. The highest BCUT2D eigenvalue weighted by atomic mass is 16.5. The molecule has 1 heterocycles. The van der Waals surface area contributed by atoms with E-state index in [2.05, 4.69) is 36.6 Å². The van der Waals surface area contributed by atoms with Gasteiger partial charge < -0.3 is 15.4 Å². The van der Waals surface area contributed by atoms with Crippen LogP contribution in [0.5, 0.6) is 5.75 Å². The van der Waals surface area contributed by atoms with E-state index in [0.29, 0.717) is 6.04 Å². The average molecular weight is 248 g/mol. The maximum Gasteiger partial charge on any atom is 0.124 e. The van der Waals surface area contributed by atoms with Crippen LogP contribution < -0.4 is 15.4 Å². The highest BCUT2D eigenvalue weighted by Gasteiger charge is 2.13. The summed E-state index contributed by atoms with van der Waals surface area (Å²) < 4.78 is 5.39. The Labute approximate surface area is 110 Å². The van der Waals surface area contributed by atoms with Gasteiger partial charge in [0.1, 0.15) is 5.75 Å². The van der Waals surface area contributed by atoms with Crippen molar-refractivity contribution in [3.63, 3.8) is 0 Å². The molecule has 2 N–H and O–H groups in total. The third-order valence-corrected chi connectivity index (χ3v) is 3.61. The number of benzene rings is 1. The van der Waals surface area contributed by atoms with Crippen molar-refractivity contribution in [2.45, 2.75) is 39.3 Å². The molecule has 1 saturated heterocycles. The van der Waals surface area contributed by atoms with Crippen molar-refractivity contribution < 1.29 is 4.74 Å². The molecule has 0 spiro atoms. The van der Waals surface area contributed by atoms with E-state index in [1.54, 1.807) is 7.11 Å². The smallest absolute Gasteiger partial charge is 0.124 e. The van der Waals surface area contributed by atoms with Gasteiger partial charge in [0.15, 0.2) is 0 Å². The Kier molecular flexibility index (Phi) is 4.61. The van der Waals surface area contributed by atoms with Crippen LogP contribution in [-0.4, -0.2) is 26.2 Å². The van der Waals surface area contributed by atoms with Gasteiger partial charge in [0.25, 0.3) is 0 Å². The van der Waals surface area contributed by atoms with Gasteiger partial charge in [-0.2, -0.15) is 0 Å². The molecule has 0 bridgehead atoms. The van der Waals surface area contributed by atoms with E-state index in [1.807, 2.05) is 0 Å². The number of aryl methyl sites for hydroxylation is 2. The van der Waals surface area contributed by atoms with Crippen LogP contribution in [0.3, 0.4) is 0 Å². The largest absolute Gasteiger partial charge is 0.496 e. The van der Waals surface area contributed by atoms with E-state index >= 15 is 0 Å². The van der Waals surface area contributed by atoms with Gasteiger partial charge in [-0.1, -0.05) is 12.1 Å². The molecule has 1 unspecified atom stereocenters. The molecule has 3 heteroatoms. The van der Waals surface area contributed by atoms with Crippen LogP contribution in [0.1, 0.15) is 29.5 Å². The van der Waals surface area contributed by atoms with Crippen LogP contribution in [0.25, 0.3) is 0 Å². The van der Waals surface area contributed by atoms with Gasteiger partial charge in [-0.05, 0) is 49.9 Å². The van der Waals surface area contributed by atoms with E-state index in [9.17, 15) is 0 Å². The second kappa shape index (κ2) is 6.21. The quantitative estimate of drug-likeness (QED) is 0.837. The van der Waals surface area contributed by atoms with Crippen LogP contribution in [0.2, 0.25) is 0 Å². The summed E-state index contributed by atoms with van der Waals surface area (Å²) in [6.07, 6.45) is 2.61. The summed E-state index contributed by atoms with van der Waals surface area (Å²) in [5.74, 6) is 1.01. The fraction of sp³-hybridized carbons (Fsp3) is 0.600. The van der Waals surface area contributed by atoms with Crippen LogP contribution in [0, 0.1) is 13.8 Å². The fourth-order valence-corrected chi connectivity index (χ4v) is 2.79. The van der Waals surface area contributed by atoms with Gasteiger partial charge >= 0.3 is 0 Å². The molecule has 1 aromatic rings. The number of rotatable bonds is 5. The standard InChI is InChI=1S/C15H24N2O/c1-11-7-13(8-12(2)15(11)18-3)9-16-10-14-5-4-6-17-14/h7-8,14,16-17H,4-6,9-10H2,1-3H3. The fourth-order valence-electron chi connectivity index (χ4n) is 2.79. The Balaban J connectivity index is 1.89. The van der Waals surface area contributed by atoms with Crippen molar-refractivity contribution in [1.82, 2.24) is 10.6 Å². The number of methoxy groups -OCH3 is 1. The van der Waals surface area contributed by atoms with Gasteiger partial charge in [0.05, 0.1) is 7.11 Å². The lowest BCUT2D eigenvalue weighted by Crippen LogP contribution is -2.33. The van der Waals surface area contributed by atoms with E-state index < -0.39 is 0 Å². The Bertz CT molecular complexity index is 374. The molecule has 0 radical (unpaired) electrons. The molecule has 1 fully saturated rings. The number of hydrogen-bond donors (Lipinski definition) is 2. The van der Waals surface area contributed by atoms with Crippen LogP contribution in [-0.2, 0) is 6.54 Å². The average Bonchev–Trinajstić information content (AvgIpc) is 2.82. The van der Waals surface area contributed by atoms with Crippen molar-refractivity contribution in [3.05, 3.63) is 28.8 Å². The zero-order chi connectivity index (χ0) is 13.0. The molecule has 1 aliphatic heterocycles. The summed E-state index contributed by atoms with van der Waals surface area (Å²) in [4.78, 5) is 0. The molecule has 1 aliphatic rings. The second-order valence-electron chi connectivity index (χ2n) is 5.19. The van der Waals surface area contributed by atoms with Crippen LogP contribution in [0.15, 0.2) is 12.1 Å². The molecule has 18 heavy (non-hydrogen) atoms. The first-order valence-corrected chi connectivity index (χ1v) is 6.79. The lowest BCUT2D eigenvalue weighted by atomic mass is 10.1. The third-order valence-electron chi connectivity index (χ3n) is 3.61. The highest BCUT2D eigenvalue weighted by Crippen LogP contribution is 2.24. The molecular weight excluding hydrogens is 224 g/mol. The van der Waals surface area contributed by atoms with Crippen molar-refractivity contribution in [2.75, 3.05) is 20.2 Å². The SMILES string of the molecule is COc1c(C)cc(CNCC2CCCN2)cc1C. The topological polar surface area (TPSA) is 33.3 Å². The first-order valence-electron chi connectivity index (χ1n) is 6.79. The maximum absolute atomic E-state index is 5.39. The molecule has 0 aliphatic carbocycles. The van der Waals surface area contributed by atoms with E-state index in [-0.39, 0.29) is 0 Å². The van der Waals surface area contributed by atoms with Crippen molar-refractivity contribution in [1.29, 1.82) is 0 Å². The number of ether oxygens (including phenoxy) is 1. The zero-order valence-corrected chi connectivity index (χ0v) is 11.7. The summed E-state index contributed by atoms with van der Waals surface area (Å²) >= 11 is 0. The van der Waals surface area contributed by atoms with Crippen molar-refractivity contribution in [3.8, 4) is 5.75 Å². The molecule has 0 aromatic heterocycles. The predicted molar refractivity (Wildman–Crippen MR) is 75.2 cm³/mol. The Morgan fingerprint density at radius 1 is 1.33 bits per heavy atom. The van der Waals surface area contributed by atoms with Gasteiger partial charge in [0, 0.05) is 19.1 Å². The minimum atomic E-state index is 0.658. The molecule has 100 valence electrons. The Morgan fingerprint density at radius 3 is 2.61 bits per heavy atom. The first kappa shape index (κ1) is 13.4. The lowest BCUT2D eigenvalue weighted by molar-refractivity contribution is 0.408. The monoisotopic (exact) mass is 248 g/mol. The molecule has 0 saturated carbocycles. The predicted octanol–water partition coefficient (Wildman–Crippen LogP) is 2.15. The second-order valence-corrected chi connectivity index (χ2v) is 5.19. The molecular formula is C15H24N2O. The highest BCUT2D eigenvalue weighted by molar-refractivity contribution is 5.43. The summed E-state index contributed by atoms with van der Waals surface area (Å²) in [7, 11) is 1.74. The minimum absolute atomic E-state index is 0.658. The van der Waals surface area contributed by atoms with E-state index in [0.717, 1.165) is 18.8 Å². The van der Waals surface area contributed by atoms with Gasteiger partial charge in [-0.3, -0.25) is 0 Å². The lowest BCUT2D eigenvalue weighted by Gasteiger charge is -2.14. The molecule has 1 atom stereocenters. The maximum atomic E-state index is 5.39. The molecule has 0 amide bonds. The zero-order valence-electron chi connectivity index (χ0n) is 11.7. The van der Waals surface area contributed by atoms with Crippen molar-refractivity contribution in [2.24, 2.45) is 0 Å². The number of nitrogens with one attached hydrogen (secondary N) is 2. The summed E-state index contributed by atoms with van der Waals surface area (Å²) in [5, 5.41) is 7.03. The van der Waals surface area contributed by atoms with Crippen LogP contribution >= 0.6 is 0 Å². The van der Waals surface area contributed by atoms with Gasteiger partial charge in [0.2, 0.25) is 0 Å². The summed E-state index contributed by atoms with van der Waals surface area (Å²) in [5.41, 5.74) is 3.77. The van der Waals surface area contributed by atoms with Gasteiger partial charge in [-0.25, -0.2) is 0 Å². The minimum Gasteiger partial charge on any atom is -0.496 e. The van der Waals surface area contributed by atoms with E-state index in [1.165, 1.54) is 36.1 Å². The van der Waals surface area contributed by atoms with E-state index in [4.69, 9.17) is 4.74 Å². The Hall–Kier alpha value is -1.06. The molecule has 1 aromatic carbocycles. The van der Waals surface area contributed by atoms with Gasteiger partial charge in [-0.15, -0.1) is 0 Å². The molecule has 3 nitrogen and oxygen atoms in total. The number of hydrogen-bond acceptors (Lipinski definition) is 3. The van der Waals surface area contributed by atoms with Crippen LogP contribution in [0.4, 0.5) is 0 Å². The Morgan fingerprint density at radius 2 is 2.06 bits per heavy atom. The first-order chi connectivity index (χ1) is 8.70. The normalized spacial score (nSPS) is 19.2. The third kappa shape index (κ3) is 3.24.